The highest BCUT2D eigenvalue weighted by atomic mass is 16.5. The fourth-order valence-corrected chi connectivity index (χ4v) is 3.10. The van der Waals surface area contributed by atoms with Crippen molar-refractivity contribution in [2.75, 3.05) is 38.2 Å². The summed E-state index contributed by atoms with van der Waals surface area (Å²) >= 11 is 0. The highest BCUT2D eigenvalue weighted by molar-refractivity contribution is 5.94. The SMILES string of the molecule is Cc1cncc(-c2cc3cc(NC(=O)CN4CCOCC4)ncc3cn2)c1. The number of fused-ring (bicyclic) bond motifs is 1. The zero-order valence-electron chi connectivity index (χ0n) is 15.2. The van der Waals surface area contributed by atoms with Crippen LogP contribution in [0.3, 0.4) is 0 Å². The summed E-state index contributed by atoms with van der Waals surface area (Å²) in [6.45, 7) is 5.25. The number of aryl methyl sites for hydroxylation is 1. The van der Waals surface area contributed by atoms with E-state index in [9.17, 15) is 4.79 Å². The van der Waals surface area contributed by atoms with Gasteiger partial charge in [0.1, 0.15) is 5.82 Å². The van der Waals surface area contributed by atoms with Crippen LogP contribution in [0.2, 0.25) is 0 Å². The summed E-state index contributed by atoms with van der Waals surface area (Å²) in [5, 5.41) is 4.78. The van der Waals surface area contributed by atoms with Crippen molar-refractivity contribution in [1.29, 1.82) is 0 Å². The number of hydrogen-bond donors (Lipinski definition) is 1. The lowest BCUT2D eigenvalue weighted by Gasteiger charge is -2.25. The van der Waals surface area contributed by atoms with E-state index in [1.54, 1.807) is 18.6 Å². The molecule has 1 aliphatic rings. The van der Waals surface area contributed by atoms with Gasteiger partial charge in [-0.1, -0.05) is 0 Å². The summed E-state index contributed by atoms with van der Waals surface area (Å²) in [6, 6.07) is 5.92. The van der Waals surface area contributed by atoms with Gasteiger partial charge in [0.15, 0.2) is 0 Å². The molecule has 1 aliphatic heterocycles. The van der Waals surface area contributed by atoms with E-state index in [2.05, 4.69) is 25.2 Å². The Labute approximate surface area is 157 Å². The topological polar surface area (TPSA) is 80.2 Å². The first-order chi connectivity index (χ1) is 13.2. The maximum Gasteiger partial charge on any atom is 0.239 e. The molecule has 27 heavy (non-hydrogen) atoms. The van der Waals surface area contributed by atoms with Gasteiger partial charge in [-0.2, -0.15) is 0 Å². The number of morpholine rings is 1. The van der Waals surface area contributed by atoms with Crippen LogP contribution in [0.4, 0.5) is 5.82 Å². The van der Waals surface area contributed by atoms with Crippen molar-refractivity contribution in [3.8, 4) is 11.3 Å². The number of amides is 1. The molecule has 0 saturated carbocycles. The lowest BCUT2D eigenvalue weighted by atomic mass is 10.1. The van der Waals surface area contributed by atoms with Crippen LogP contribution in [0, 0.1) is 6.92 Å². The van der Waals surface area contributed by atoms with Crippen molar-refractivity contribution in [2.45, 2.75) is 6.92 Å². The Hall–Kier alpha value is -2.90. The molecule has 4 rings (SSSR count). The molecular weight excluding hydrogens is 342 g/mol. The molecule has 1 N–H and O–H groups in total. The van der Waals surface area contributed by atoms with Crippen LogP contribution >= 0.6 is 0 Å². The number of hydrogen-bond acceptors (Lipinski definition) is 6. The minimum atomic E-state index is -0.0686. The fraction of sp³-hybridized carbons (Fsp3) is 0.300. The third-order valence-electron chi connectivity index (χ3n) is 4.51. The van der Waals surface area contributed by atoms with Crippen molar-refractivity contribution in [3.63, 3.8) is 0 Å². The van der Waals surface area contributed by atoms with Crippen LogP contribution in [0.5, 0.6) is 0 Å². The van der Waals surface area contributed by atoms with E-state index in [1.807, 2.05) is 31.3 Å². The van der Waals surface area contributed by atoms with Crippen molar-refractivity contribution in [2.24, 2.45) is 0 Å². The predicted octanol–water partition coefficient (Wildman–Crippen LogP) is 2.27. The number of aromatic nitrogens is 3. The monoisotopic (exact) mass is 363 g/mol. The fourth-order valence-electron chi connectivity index (χ4n) is 3.10. The van der Waals surface area contributed by atoms with E-state index in [0.29, 0.717) is 25.6 Å². The van der Waals surface area contributed by atoms with Gasteiger partial charge in [0, 0.05) is 48.8 Å². The Bertz CT molecular complexity index is 969. The largest absolute Gasteiger partial charge is 0.379 e. The third-order valence-corrected chi connectivity index (χ3v) is 4.51. The Balaban J connectivity index is 1.53. The number of carbonyl (C=O) groups excluding carboxylic acids is 1. The van der Waals surface area contributed by atoms with E-state index in [1.165, 1.54) is 0 Å². The number of nitrogens with zero attached hydrogens (tertiary/aromatic N) is 4. The van der Waals surface area contributed by atoms with E-state index in [-0.39, 0.29) is 5.91 Å². The van der Waals surface area contributed by atoms with Crippen LogP contribution in [-0.2, 0) is 9.53 Å². The number of nitrogens with one attached hydrogen (secondary N) is 1. The molecule has 4 heterocycles. The van der Waals surface area contributed by atoms with E-state index in [4.69, 9.17) is 4.74 Å². The summed E-state index contributed by atoms with van der Waals surface area (Å²) in [4.78, 5) is 27.4. The smallest absolute Gasteiger partial charge is 0.239 e. The van der Waals surface area contributed by atoms with Crippen LogP contribution in [0.1, 0.15) is 5.56 Å². The standard InChI is InChI=1S/C20H21N5O2/c1-14-6-16(10-21-9-14)18-7-15-8-19(23-12-17(15)11-22-18)24-20(26)13-25-2-4-27-5-3-25/h6-12H,2-5,13H2,1H3,(H,23,24,26). The zero-order chi connectivity index (χ0) is 18.6. The third kappa shape index (κ3) is 4.27. The summed E-state index contributed by atoms with van der Waals surface area (Å²) in [7, 11) is 0. The Morgan fingerprint density at radius 3 is 2.70 bits per heavy atom. The first kappa shape index (κ1) is 17.5. The Kier molecular flexibility index (Phi) is 5.04. The second-order valence-electron chi connectivity index (χ2n) is 6.67. The second kappa shape index (κ2) is 7.77. The summed E-state index contributed by atoms with van der Waals surface area (Å²) in [5.41, 5.74) is 2.89. The quantitative estimate of drug-likeness (QED) is 0.766. The van der Waals surface area contributed by atoms with Crippen LogP contribution in [-0.4, -0.2) is 58.6 Å². The molecule has 1 amide bonds. The molecule has 0 spiro atoms. The zero-order valence-corrected chi connectivity index (χ0v) is 15.2. The van der Waals surface area contributed by atoms with E-state index >= 15 is 0 Å². The van der Waals surface area contributed by atoms with E-state index < -0.39 is 0 Å². The normalized spacial score (nSPS) is 15.0. The molecule has 138 valence electrons. The number of carbonyl (C=O) groups is 1. The maximum absolute atomic E-state index is 12.3. The molecule has 1 fully saturated rings. The van der Waals surface area contributed by atoms with Crippen LogP contribution in [0.25, 0.3) is 22.0 Å². The molecule has 1 saturated heterocycles. The summed E-state index contributed by atoms with van der Waals surface area (Å²) < 4.78 is 5.31. The van der Waals surface area contributed by atoms with Gasteiger partial charge < -0.3 is 10.1 Å². The van der Waals surface area contributed by atoms with Gasteiger partial charge in [-0.3, -0.25) is 19.7 Å². The van der Waals surface area contributed by atoms with Crippen molar-refractivity contribution >= 4 is 22.5 Å². The molecule has 3 aromatic heterocycles. The van der Waals surface area contributed by atoms with Crippen LogP contribution < -0.4 is 5.32 Å². The second-order valence-corrected chi connectivity index (χ2v) is 6.67. The highest BCUT2D eigenvalue weighted by Crippen LogP contribution is 2.23. The maximum atomic E-state index is 12.3. The van der Waals surface area contributed by atoms with Gasteiger partial charge in [0.05, 0.1) is 25.5 Å². The Morgan fingerprint density at radius 2 is 1.89 bits per heavy atom. The number of rotatable bonds is 4. The molecule has 0 atom stereocenters. The summed E-state index contributed by atoms with van der Waals surface area (Å²) in [6.07, 6.45) is 7.13. The predicted molar refractivity (Wildman–Crippen MR) is 103 cm³/mol. The van der Waals surface area contributed by atoms with Gasteiger partial charge in [-0.15, -0.1) is 0 Å². The highest BCUT2D eigenvalue weighted by Gasteiger charge is 2.14. The van der Waals surface area contributed by atoms with Gasteiger partial charge in [-0.25, -0.2) is 4.98 Å². The van der Waals surface area contributed by atoms with Gasteiger partial charge >= 0.3 is 0 Å². The first-order valence-corrected chi connectivity index (χ1v) is 8.95. The molecule has 3 aromatic rings. The average molecular weight is 363 g/mol. The summed E-state index contributed by atoms with van der Waals surface area (Å²) in [5.74, 6) is 0.473. The number of pyridine rings is 3. The minimum Gasteiger partial charge on any atom is -0.379 e. The molecule has 0 unspecified atom stereocenters. The van der Waals surface area contributed by atoms with Crippen LogP contribution in [0.15, 0.2) is 43.0 Å². The molecule has 0 aromatic carbocycles. The molecule has 0 bridgehead atoms. The minimum absolute atomic E-state index is 0.0686. The van der Waals surface area contributed by atoms with Crippen molar-refractivity contribution < 1.29 is 9.53 Å². The first-order valence-electron chi connectivity index (χ1n) is 8.95. The van der Waals surface area contributed by atoms with Crippen molar-refractivity contribution in [1.82, 2.24) is 19.9 Å². The van der Waals surface area contributed by atoms with Crippen molar-refractivity contribution in [3.05, 3.63) is 48.5 Å². The van der Waals surface area contributed by atoms with Gasteiger partial charge in [0.2, 0.25) is 5.91 Å². The molecule has 7 nitrogen and oxygen atoms in total. The molecule has 0 radical (unpaired) electrons. The molecule has 0 aliphatic carbocycles. The Morgan fingerprint density at radius 1 is 1.07 bits per heavy atom. The lowest BCUT2D eigenvalue weighted by molar-refractivity contribution is -0.118. The molecular formula is C20H21N5O2. The number of anilines is 1. The molecule has 7 heteroatoms. The number of ether oxygens (including phenoxy) is 1. The van der Waals surface area contributed by atoms with Gasteiger partial charge in [-0.05, 0) is 36.1 Å². The van der Waals surface area contributed by atoms with E-state index in [0.717, 1.165) is 40.7 Å². The average Bonchev–Trinajstić information content (AvgIpc) is 2.68. The lowest BCUT2D eigenvalue weighted by Crippen LogP contribution is -2.41. The van der Waals surface area contributed by atoms with Gasteiger partial charge in [0.25, 0.3) is 0 Å².